The van der Waals surface area contributed by atoms with Gasteiger partial charge in [-0.15, -0.1) is 0 Å². The first-order valence-electron chi connectivity index (χ1n) is 6.05. The third-order valence-electron chi connectivity index (χ3n) is 2.80. The van der Waals surface area contributed by atoms with Crippen LogP contribution in [-0.2, 0) is 11.8 Å². The number of hydrogen-bond donors (Lipinski definition) is 1. The number of aryl methyl sites for hydroxylation is 1. The van der Waals surface area contributed by atoms with E-state index >= 15 is 0 Å². The van der Waals surface area contributed by atoms with Gasteiger partial charge in [0, 0.05) is 17.8 Å². The molecular formula is C15H15IN2O3. The van der Waals surface area contributed by atoms with Crippen molar-refractivity contribution in [2.75, 3.05) is 12.4 Å². The zero-order valence-corrected chi connectivity index (χ0v) is 13.8. The monoisotopic (exact) mass is 398 g/mol. The Morgan fingerprint density at radius 2 is 1.57 bits per heavy atom. The second-order valence-corrected chi connectivity index (χ2v) is 4.28. The van der Waals surface area contributed by atoms with Gasteiger partial charge in [-0.05, 0) is 24.3 Å². The smallest absolute Gasteiger partial charge is 0.337 e. The normalized spacial score (nSPS) is 9.43. The zero-order valence-electron chi connectivity index (χ0n) is 11.7. The highest BCUT2D eigenvalue weighted by molar-refractivity contribution is 6.04. The summed E-state index contributed by atoms with van der Waals surface area (Å²) < 4.78 is 6.46. The van der Waals surface area contributed by atoms with Gasteiger partial charge in [0.2, 0.25) is 0 Å². The number of aromatic nitrogens is 1. The first-order valence-corrected chi connectivity index (χ1v) is 6.05. The van der Waals surface area contributed by atoms with E-state index < -0.39 is 5.97 Å². The summed E-state index contributed by atoms with van der Waals surface area (Å²) in [7, 11) is 3.21. The molecule has 0 fully saturated rings. The fourth-order valence-electron chi connectivity index (χ4n) is 1.66. The van der Waals surface area contributed by atoms with Crippen LogP contribution in [0, 0.1) is 0 Å². The van der Waals surface area contributed by atoms with Gasteiger partial charge < -0.3 is 34.0 Å². The number of pyridine rings is 1. The number of nitrogens with zero attached hydrogens (tertiary/aromatic N) is 1. The minimum atomic E-state index is -0.404. The molecule has 0 aliphatic carbocycles. The van der Waals surface area contributed by atoms with Gasteiger partial charge in [-0.3, -0.25) is 4.79 Å². The average molecular weight is 398 g/mol. The van der Waals surface area contributed by atoms with Crippen molar-refractivity contribution in [2.24, 2.45) is 7.05 Å². The van der Waals surface area contributed by atoms with Crippen molar-refractivity contribution < 1.29 is 42.9 Å². The van der Waals surface area contributed by atoms with Crippen LogP contribution in [-0.4, -0.2) is 19.0 Å². The van der Waals surface area contributed by atoms with Crippen molar-refractivity contribution in [2.45, 2.75) is 0 Å². The number of rotatable bonds is 3. The topological polar surface area (TPSA) is 59.3 Å². The molecule has 1 heterocycles. The Kier molecular flexibility index (Phi) is 6.29. The van der Waals surface area contributed by atoms with E-state index in [0.717, 1.165) is 0 Å². The third-order valence-corrected chi connectivity index (χ3v) is 2.80. The second kappa shape index (κ2) is 7.72. The van der Waals surface area contributed by atoms with Crippen LogP contribution < -0.4 is 33.9 Å². The van der Waals surface area contributed by atoms with E-state index in [4.69, 9.17) is 0 Å². The molecule has 1 N–H and O–H groups in total. The maximum atomic E-state index is 12.0. The second-order valence-electron chi connectivity index (χ2n) is 4.28. The molecule has 0 bridgehead atoms. The number of esters is 1. The Balaban J connectivity index is 0.00000220. The standard InChI is InChI=1S/C15H14N2O3.HI/c1-17-9-7-11(8-10-17)14(18)16-13-5-3-12(4-6-13)15(19)20-2;/h3-10H,1-2H3;1H. The minimum Gasteiger partial charge on any atom is -1.00 e. The van der Waals surface area contributed by atoms with Crippen LogP contribution in [0.4, 0.5) is 5.69 Å². The molecule has 0 atom stereocenters. The van der Waals surface area contributed by atoms with E-state index in [-0.39, 0.29) is 29.9 Å². The number of carbonyl (C=O) groups is 2. The van der Waals surface area contributed by atoms with Gasteiger partial charge in [0.05, 0.1) is 18.2 Å². The van der Waals surface area contributed by atoms with E-state index in [0.29, 0.717) is 16.8 Å². The first kappa shape index (κ1) is 17.1. The van der Waals surface area contributed by atoms with Crippen molar-refractivity contribution in [3.05, 3.63) is 59.9 Å². The fourth-order valence-corrected chi connectivity index (χ4v) is 1.66. The number of amides is 1. The summed E-state index contributed by atoms with van der Waals surface area (Å²) in [5.74, 6) is -0.602. The van der Waals surface area contributed by atoms with Crippen molar-refractivity contribution in [3.63, 3.8) is 0 Å². The number of halogens is 1. The Hall–Kier alpha value is -1.96. The molecule has 1 aromatic heterocycles. The molecule has 1 amide bonds. The molecule has 0 saturated carbocycles. The van der Waals surface area contributed by atoms with E-state index in [1.807, 2.05) is 11.6 Å². The summed E-state index contributed by atoms with van der Waals surface area (Å²) >= 11 is 0. The minimum absolute atomic E-state index is 0. The number of anilines is 1. The Morgan fingerprint density at radius 3 is 2.10 bits per heavy atom. The molecule has 0 spiro atoms. The van der Waals surface area contributed by atoms with Crippen LogP contribution >= 0.6 is 0 Å². The summed E-state index contributed by atoms with van der Waals surface area (Å²) in [6, 6.07) is 10.00. The molecule has 0 unspecified atom stereocenters. The summed E-state index contributed by atoms with van der Waals surface area (Å²) in [4.78, 5) is 23.3. The lowest BCUT2D eigenvalue weighted by atomic mass is 10.2. The number of nitrogens with one attached hydrogen (secondary N) is 1. The van der Waals surface area contributed by atoms with Gasteiger partial charge in [-0.25, -0.2) is 9.36 Å². The van der Waals surface area contributed by atoms with Gasteiger partial charge in [0.25, 0.3) is 5.91 Å². The Labute approximate surface area is 140 Å². The number of hydrogen-bond acceptors (Lipinski definition) is 3. The van der Waals surface area contributed by atoms with Gasteiger partial charge in [-0.2, -0.15) is 0 Å². The SMILES string of the molecule is COC(=O)c1ccc(NC(=O)c2cc[n+](C)cc2)cc1.[I-]. The molecule has 0 aliphatic rings. The summed E-state index contributed by atoms with van der Waals surface area (Å²) in [6.07, 6.45) is 3.60. The molecule has 0 radical (unpaired) electrons. The maximum Gasteiger partial charge on any atom is 0.337 e. The number of benzene rings is 1. The molecule has 5 nitrogen and oxygen atoms in total. The van der Waals surface area contributed by atoms with E-state index in [1.165, 1.54) is 7.11 Å². The highest BCUT2D eigenvalue weighted by Crippen LogP contribution is 2.11. The summed E-state index contributed by atoms with van der Waals surface area (Å²) in [5.41, 5.74) is 1.63. The Morgan fingerprint density at radius 1 is 1.00 bits per heavy atom. The fraction of sp³-hybridized carbons (Fsp3) is 0.133. The van der Waals surface area contributed by atoms with Gasteiger partial charge in [0.15, 0.2) is 12.4 Å². The average Bonchev–Trinajstić information content (AvgIpc) is 2.48. The predicted octanol–water partition coefficient (Wildman–Crippen LogP) is -1.45. The van der Waals surface area contributed by atoms with Gasteiger partial charge in [0.1, 0.15) is 7.05 Å². The molecule has 1 aromatic carbocycles. The van der Waals surface area contributed by atoms with Crippen LogP contribution in [0.25, 0.3) is 0 Å². The molecule has 6 heteroatoms. The highest BCUT2D eigenvalue weighted by atomic mass is 127. The number of ether oxygens (including phenoxy) is 1. The molecule has 110 valence electrons. The zero-order chi connectivity index (χ0) is 14.5. The number of carbonyl (C=O) groups excluding carboxylic acids is 2. The van der Waals surface area contributed by atoms with Crippen molar-refractivity contribution in [1.82, 2.24) is 0 Å². The molecule has 2 rings (SSSR count). The van der Waals surface area contributed by atoms with Crippen LogP contribution in [0.1, 0.15) is 20.7 Å². The van der Waals surface area contributed by atoms with Crippen LogP contribution in [0.5, 0.6) is 0 Å². The molecule has 0 aliphatic heterocycles. The lowest BCUT2D eigenvalue weighted by Gasteiger charge is -2.05. The van der Waals surface area contributed by atoms with Crippen molar-refractivity contribution in [3.8, 4) is 0 Å². The lowest BCUT2D eigenvalue weighted by molar-refractivity contribution is -0.671. The van der Waals surface area contributed by atoms with Crippen LogP contribution in [0.2, 0.25) is 0 Å². The lowest BCUT2D eigenvalue weighted by Crippen LogP contribution is -3.00. The van der Waals surface area contributed by atoms with E-state index in [1.54, 1.807) is 48.8 Å². The summed E-state index contributed by atoms with van der Waals surface area (Å²) in [5, 5.41) is 2.76. The van der Waals surface area contributed by atoms with Crippen molar-refractivity contribution >= 4 is 17.6 Å². The summed E-state index contributed by atoms with van der Waals surface area (Å²) in [6.45, 7) is 0. The van der Waals surface area contributed by atoms with Crippen LogP contribution in [0.3, 0.4) is 0 Å². The molecule has 21 heavy (non-hydrogen) atoms. The molecular weight excluding hydrogens is 383 g/mol. The quantitative estimate of drug-likeness (QED) is 0.391. The maximum absolute atomic E-state index is 12.0. The first-order chi connectivity index (χ1) is 9.60. The molecule has 2 aromatic rings. The van der Waals surface area contributed by atoms with Gasteiger partial charge >= 0.3 is 5.97 Å². The van der Waals surface area contributed by atoms with Gasteiger partial charge in [-0.1, -0.05) is 0 Å². The van der Waals surface area contributed by atoms with E-state index in [9.17, 15) is 9.59 Å². The van der Waals surface area contributed by atoms with E-state index in [2.05, 4.69) is 10.1 Å². The van der Waals surface area contributed by atoms with Crippen molar-refractivity contribution in [1.29, 1.82) is 0 Å². The third kappa shape index (κ3) is 4.52. The molecule has 0 saturated heterocycles. The largest absolute Gasteiger partial charge is 1.00 e. The van der Waals surface area contributed by atoms with Crippen LogP contribution in [0.15, 0.2) is 48.8 Å². The Bertz CT molecular complexity index is 624. The number of methoxy groups -OCH3 is 1. The predicted molar refractivity (Wildman–Crippen MR) is 73.4 cm³/mol. The highest BCUT2D eigenvalue weighted by Gasteiger charge is 2.09.